The molecule has 0 bridgehead atoms. The van der Waals surface area contributed by atoms with E-state index in [-0.39, 0.29) is 5.41 Å². The van der Waals surface area contributed by atoms with Crippen LogP contribution in [0.5, 0.6) is 11.5 Å². The maximum atomic E-state index is 9.90. The third-order valence-corrected chi connectivity index (χ3v) is 12.2. The minimum atomic E-state index is -0.0113. The van der Waals surface area contributed by atoms with Gasteiger partial charge in [-0.15, -0.1) is 0 Å². The summed E-state index contributed by atoms with van der Waals surface area (Å²) in [6, 6.07) is 15.8. The van der Waals surface area contributed by atoms with Gasteiger partial charge in [0.25, 0.3) is 0 Å². The summed E-state index contributed by atoms with van der Waals surface area (Å²) in [5.74, 6) is 3.47. The van der Waals surface area contributed by atoms with E-state index < -0.39 is 0 Å². The fourth-order valence-corrected chi connectivity index (χ4v) is 9.03. The Labute approximate surface area is 284 Å². The van der Waals surface area contributed by atoms with Crippen LogP contribution in [0.2, 0.25) is 0 Å². The first-order valence-electron chi connectivity index (χ1n) is 20.2. The zero-order valence-electron chi connectivity index (χ0n) is 29.8. The van der Waals surface area contributed by atoms with E-state index in [9.17, 15) is 10.2 Å². The van der Waals surface area contributed by atoms with Gasteiger partial charge in [0, 0.05) is 5.41 Å². The van der Waals surface area contributed by atoms with E-state index in [2.05, 4.69) is 31.2 Å². The molecule has 2 heteroatoms. The summed E-state index contributed by atoms with van der Waals surface area (Å²) < 4.78 is 0. The average Bonchev–Trinajstić information content (AvgIpc) is 3.08. The molecule has 258 valence electrons. The van der Waals surface area contributed by atoms with Gasteiger partial charge in [-0.05, 0) is 78.8 Å². The van der Waals surface area contributed by atoms with Gasteiger partial charge in [0.2, 0.25) is 0 Å². The van der Waals surface area contributed by atoms with Crippen LogP contribution in [0.4, 0.5) is 0 Å². The van der Waals surface area contributed by atoms with Crippen molar-refractivity contribution in [2.45, 2.75) is 186 Å². The molecule has 2 saturated carbocycles. The Morgan fingerprint density at radius 1 is 0.435 bits per heavy atom. The molecule has 0 spiro atoms. The molecule has 0 amide bonds. The van der Waals surface area contributed by atoms with Crippen molar-refractivity contribution in [3.05, 3.63) is 59.7 Å². The van der Waals surface area contributed by atoms with Gasteiger partial charge in [0.1, 0.15) is 11.5 Å². The van der Waals surface area contributed by atoms with Crippen LogP contribution in [0.1, 0.15) is 191 Å². The summed E-state index contributed by atoms with van der Waals surface area (Å²) in [4.78, 5) is 0. The maximum Gasteiger partial charge on any atom is 0.115 e. The first-order chi connectivity index (χ1) is 22.6. The monoisotopic (exact) mass is 631 g/mol. The molecule has 2 aliphatic carbocycles. The molecule has 2 aromatic rings. The Morgan fingerprint density at radius 3 is 1.15 bits per heavy atom. The second kappa shape index (κ2) is 21.1. The standard InChI is InChI=1S/C44H70O2/c1-2-3-4-5-6-7-8-9-10-11-12-13-14-15-16-17-18-37-19-21-38(22-20-37)23-24-39-33-35-44(36-34-39,40-25-29-42(45)30-26-40)41-27-31-43(46)32-28-41/h25-32,37-39,45-46H,2-24,33-36H2,1H3. The van der Waals surface area contributed by atoms with Gasteiger partial charge in [0.15, 0.2) is 0 Å². The Morgan fingerprint density at radius 2 is 0.761 bits per heavy atom. The predicted molar refractivity (Wildman–Crippen MR) is 198 cm³/mol. The molecule has 2 N–H and O–H groups in total. The SMILES string of the molecule is CCCCCCCCCCCCCCCCCCC1CCC(CCC2CCC(c3ccc(O)cc3)(c3ccc(O)cc3)CC2)CC1. The molecule has 2 aliphatic rings. The normalized spacial score (nSPS) is 20.2. The van der Waals surface area contributed by atoms with Crippen molar-refractivity contribution in [3.63, 3.8) is 0 Å². The van der Waals surface area contributed by atoms with E-state index in [0.717, 1.165) is 30.6 Å². The van der Waals surface area contributed by atoms with Crippen molar-refractivity contribution in [2.75, 3.05) is 0 Å². The largest absolute Gasteiger partial charge is 0.508 e. The highest BCUT2D eigenvalue weighted by molar-refractivity contribution is 5.43. The van der Waals surface area contributed by atoms with Gasteiger partial charge in [-0.2, -0.15) is 0 Å². The van der Waals surface area contributed by atoms with E-state index in [4.69, 9.17) is 0 Å². The summed E-state index contributed by atoms with van der Waals surface area (Å²) in [6.45, 7) is 2.30. The van der Waals surface area contributed by atoms with E-state index in [1.807, 2.05) is 24.3 Å². The van der Waals surface area contributed by atoms with Gasteiger partial charge >= 0.3 is 0 Å². The number of benzene rings is 2. The zero-order valence-corrected chi connectivity index (χ0v) is 29.8. The number of phenolic OH excluding ortho intramolecular Hbond substituents is 2. The molecule has 0 radical (unpaired) electrons. The molecule has 2 fully saturated rings. The molecular formula is C44H70O2. The molecule has 0 saturated heterocycles. The molecule has 0 aliphatic heterocycles. The van der Waals surface area contributed by atoms with Crippen molar-refractivity contribution >= 4 is 0 Å². The van der Waals surface area contributed by atoms with Crippen molar-refractivity contribution in [1.29, 1.82) is 0 Å². The molecule has 46 heavy (non-hydrogen) atoms. The second-order valence-corrected chi connectivity index (χ2v) is 15.7. The summed E-state index contributed by atoms with van der Waals surface area (Å²) in [6.07, 6.45) is 38.5. The van der Waals surface area contributed by atoms with Gasteiger partial charge in [-0.1, -0.05) is 179 Å². The van der Waals surface area contributed by atoms with Crippen LogP contribution in [-0.2, 0) is 5.41 Å². The lowest BCUT2D eigenvalue weighted by Gasteiger charge is -2.42. The number of phenols is 2. The Bertz CT molecular complexity index is 977. The Kier molecular flexibility index (Phi) is 16.9. The van der Waals surface area contributed by atoms with Crippen molar-refractivity contribution in [3.8, 4) is 11.5 Å². The average molecular weight is 631 g/mol. The maximum absolute atomic E-state index is 9.90. The quantitative estimate of drug-likeness (QED) is 0.127. The molecular weight excluding hydrogens is 560 g/mol. The molecule has 0 aromatic heterocycles. The lowest BCUT2D eigenvalue weighted by atomic mass is 9.62. The lowest BCUT2D eigenvalue weighted by Crippen LogP contribution is -2.33. The van der Waals surface area contributed by atoms with Crippen molar-refractivity contribution < 1.29 is 10.2 Å². The highest BCUT2D eigenvalue weighted by atomic mass is 16.3. The van der Waals surface area contributed by atoms with Crippen molar-refractivity contribution in [1.82, 2.24) is 0 Å². The van der Waals surface area contributed by atoms with Gasteiger partial charge in [-0.25, -0.2) is 0 Å². The van der Waals surface area contributed by atoms with Crippen LogP contribution in [0.25, 0.3) is 0 Å². The fourth-order valence-electron chi connectivity index (χ4n) is 9.03. The zero-order chi connectivity index (χ0) is 32.3. The van der Waals surface area contributed by atoms with Crippen molar-refractivity contribution in [2.24, 2.45) is 17.8 Å². The van der Waals surface area contributed by atoms with E-state index in [1.54, 1.807) is 0 Å². The van der Waals surface area contributed by atoms with Crippen LogP contribution >= 0.6 is 0 Å². The highest BCUT2D eigenvalue weighted by Gasteiger charge is 2.38. The Hall–Kier alpha value is -1.96. The fraction of sp³-hybridized carbons (Fsp3) is 0.727. The topological polar surface area (TPSA) is 40.5 Å². The second-order valence-electron chi connectivity index (χ2n) is 15.7. The smallest absolute Gasteiger partial charge is 0.115 e. The summed E-state index contributed by atoms with van der Waals surface area (Å²) >= 11 is 0. The number of hydrogen-bond acceptors (Lipinski definition) is 2. The molecule has 2 aromatic carbocycles. The van der Waals surface area contributed by atoms with Crippen LogP contribution in [0.3, 0.4) is 0 Å². The first-order valence-corrected chi connectivity index (χ1v) is 20.2. The van der Waals surface area contributed by atoms with Crippen LogP contribution < -0.4 is 0 Å². The lowest BCUT2D eigenvalue weighted by molar-refractivity contribution is 0.208. The molecule has 0 atom stereocenters. The third kappa shape index (κ3) is 12.6. The summed E-state index contributed by atoms with van der Waals surface area (Å²) in [7, 11) is 0. The predicted octanol–water partition coefficient (Wildman–Crippen LogP) is 13.8. The minimum absolute atomic E-state index is 0.0113. The van der Waals surface area contributed by atoms with E-state index in [1.165, 1.54) is 172 Å². The van der Waals surface area contributed by atoms with Crippen LogP contribution in [-0.4, -0.2) is 10.2 Å². The first kappa shape index (κ1) is 36.9. The minimum Gasteiger partial charge on any atom is -0.508 e. The summed E-state index contributed by atoms with van der Waals surface area (Å²) in [5, 5.41) is 19.8. The molecule has 0 unspecified atom stereocenters. The molecule has 0 heterocycles. The number of hydrogen-bond donors (Lipinski definition) is 2. The molecule has 4 rings (SSSR count). The third-order valence-electron chi connectivity index (χ3n) is 12.2. The van der Waals surface area contributed by atoms with Gasteiger partial charge < -0.3 is 10.2 Å². The van der Waals surface area contributed by atoms with E-state index >= 15 is 0 Å². The van der Waals surface area contributed by atoms with Crippen LogP contribution in [0, 0.1) is 17.8 Å². The highest BCUT2D eigenvalue weighted by Crippen LogP contribution is 2.48. The van der Waals surface area contributed by atoms with Gasteiger partial charge in [-0.3, -0.25) is 0 Å². The van der Waals surface area contributed by atoms with Gasteiger partial charge in [0.05, 0.1) is 0 Å². The molecule has 2 nitrogen and oxygen atoms in total. The van der Waals surface area contributed by atoms with Crippen LogP contribution in [0.15, 0.2) is 48.5 Å². The van der Waals surface area contributed by atoms with E-state index in [0.29, 0.717) is 11.5 Å². The number of aromatic hydroxyl groups is 2. The number of unbranched alkanes of at least 4 members (excludes halogenated alkanes) is 15. The number of rotatable bonds is 22. The Balaban J connectivity index is 1.01. The summed E-state index contributed by atoms with van der Waals surface area (Å²) in [5.41, 5.74) is 2.59.